The van der Waals surface area contributed by atoms with Crippen molar-refractivity contribution >= 4 is 11.8 Å². The largest absolute Gasteiger partial charge is 0.504 e. The van der Waals surface area contributed by atoms with Crippen LogP contribution in [0.2, 0.25) is 0 Å². The van der Waals surface area contributed by atoms with Crippen molar-refractivity contribution in [1.29, 1.82) is 0 Å². The van der Waals surface area contributed by atoms with Gasteiger partial charge in [0.25, 0.3) is 0 Å². The van der Waals surface area contributed by atoms with Crippen LogP contribution in [-0.2, 0) is 16.0 Å². The van der Waals surface area contributed by atoms with Crippen LogP contribution in [0.5, 0.6) is 11.5 Å². The Kier molecular flexibility index (Phi) is 2.86. The van der Waals surface area contributed by atoms with Gasteiger partial charge in [-0.3, -0.25) is 9.59 Å². The number of amides is 2. The van der Waals surface area contributed by atoms with Gasteiger partial charge in [-0.1, -0.05) is 6.07 Å². The van der Waals surface area contributed by atoms with Gasteiger partial charge < -0.3 is 20.8 Å². The Labute approximate surface area is 97.3 Å². The first-order valence-electron chi connectivity index (χ1n) is 5.14. The van der Waals surface area contributed by atoms with E-state index in [1.165, 1.54) is 12.1 Å². The summed E-state index contributed by atoms with van der Waals surface area (Å²) in [6.07, 6.45) is 0.269. The van der Waals surface area contributed by atoms with Gasteiger partial charge in [0.15, 0.2) is 11.5 Å². The van der Waals surface area contributed by atoms with Crippen molar-refractivity contribution in [2.75, 3.05) is 6.54 Å². The third-order valence-electron chi connectivity index (χ3n) is 2.55. The third kappa shape index (κ3) is 2.47. The lowest BCUT2D eigenvalue weighted by molar-refractivity contribution is -0.133. The van der Waals surface area contributed by atoms with Crippen LogP contribution in [-0.4, -0.2) is 34.6 Å². The number of carbonyl (C=O) groups is 2. The van der Waals surface area contributed by atoms with Crippen LogP contribution in [0.4, 0.5) is 0 Å². The quantitative estimate of drug-likeness (QED) is 0.508. The van der Waals surface area contributed by atoms with Crippen LogP contribution in [0.1, 0.15) is 5.56 Å². The smallest absolute Gasteiger partial charge is 0.243 e. The van der Waals surface area contributed by atoms with Crippen molar-refractivity contribution < 1.29 is 19.8 Å². The minimum atomic E-state index is -0.639. The number of aromatic hydroxyl groups is 2. The van der Waals surface area contributed by atoms with Crippen LogP contribution >= 0.6 is 0 Å². The Morgan fingerprint density at radius 1 is 1.24 bits per heavy atom. The molecule has 90 valence electrons. The zero-order valence-electron chi connectivity index (χ0n) is 8.93. The molecule has 1 atom stereocenters. The maximum Gasteiger partial charge on any atom is 0.243 e. The Morgan fingerprint density at radius 2 is 2.00 bits per heavy atom. The van der Waals surface area contributed by atoms with Gasteiger partial charge in [0.05, 0.1) is 6.54 Å². The van der Waals surface area contributed by atoms with E-state index in [-0.39, 0.29) is 36.3 Å². The number of hydrogen-bond donors (Lipinski definition) is 4. The number of carbonyl (C=O) groups excluding carboxylic acids is 2. The van der Waals surface area contributed by atoms with Crippen LogP contribution in [0, 0.1) is 0 Å². The summed E-state index contributed by atoms with van der Waals surface area (Å²) in [5, 5.41) is 23.5. The summed E-state index contributed by atoms with van der Waals surface area (Å²) in [7, 11) is 0. The molecule has 0 spiro atoms. The molecule has 17 heavy (non-hydrogen) atoms. The van der Waals surface area contributed by atoms with Crippen molar-refractivity contribution in [1.82, 2.24) is 10.6 Å². The van der Waals surface area contributed by atoms with Crippen molar-refractivity contribution in [3.63, 3.8) is 0 Å². The number of rotatable bonds is 2. The molecule has 1 aliphatic rings. The summed E-state index contributed by atoms with van der Waals surface area (Å²) in [6, 6.07) is 3.65. The van der Waals surface area contributed by atoms with Gasteiger partial charge in [0.1, 0.15) is 6.04 Å². The van der Waals surface area contributed by atoms with Crippen molar-refractivity contribution in [3.8, 4) is 11.5 Å². The second kappa shape index (κ2) is 4.32. The molecule has 1 saturated heterocycles. The SMILES string of the molecule is O=C1CNC(=O)[C@H](Cc2ccc(O)c(O)c2)N1. The summed E-state index contributed by atoms with van der Waals surface area (Å²) < 4.78 is 0. The lowest BCUT2D eigenvalue weighted by Gasteiger charge is -2.23. The molecule has 0 saturated carbocycles. The maximum absolute atomic E-state index is 11.5. The normalized spacial score (nSPS) is 19.6. The number of hydrogen-bond acceptors (Lipinski definition) is 4. The van der Waals surface area contributed by atoms with E-state index in [0.29, 0.717) is 5.56 Å². The second-order valence-corrected chi connectivity index (χ2v) is 3.87. The van der Waals surface area contributed by atoms with E-state index in [1.54, 1.807) is 6.07 Å². The minimum Gasteiger partial charge on any atom is -0.504 e. The van der Waals surface area contributed by atoms with Crippen LogP contribution in [0.15, 0.2) is 18.2 Å². The molecule has 2 amide bonds. The van der Waals surface area contributed by atoms with E-state index < -0.39 is 6.04 Å². The van der Waals surface area contributed by atoms with Gasteiger partial charge in [0, 0.05) is 6.42 Å². The van der Waals surface area contributed by atoms with Gasteiger partial charge in [-0.15, -0.1) is 0 Å². The third-order valence-corrected chi connectivity index (χ3v) is 2.55. The van der Waals surface area contributed by atoms with E-state index >= 15 is 0 Å². The molecule has 2 rings (SSSR count). The molecule has 6 nitrogen and oxygen atoms in total. The molecule has 0 aromatic heterocycles. The molecule has 6 heteroatoms. The monoisotopic (exact) mass is 236 g/mol. The molecule has 0 bridgehead atoms. The number of piperazine rings is 1. The van der Waals surface area contributed by atoms with Crippen molar-refractivity contribution in [2.24, 2.45) is 0 Å². The summed E-state index contributed by atoms with van der Waals surface area (Å²) in [6.45, 7) is -0.00381. The predicted octanol–water partition coefficient (Wildman–Crippen LogP) is -0.745. The Bertz CT molecular complexity index is 473. The van der Waals surface area contributed by atoms with Crippen molar-refractivity contribution in [3.05, 3.63) is 23.8 Å². The molecule has 0 aliphatic carbocycles. The zero-order valence-corrected chi connectivity index (χ0v) is 8.93. The van der Waals surface area contributed by atoms with E-state index in [4.69, 9.17) is 5.11 Å². The van der Waals surface area contributed by atoms with E-state index in [1.807, 2.05) is 0 Å². The Morgan fingerprint density at radius 3 is 2.71 bits per heavy atom. The molecule has 1 aromatic carbocycles. The predicted molar refractivity (Wildman–Crippen MR) is 58.4 cm³/mol. The highest BCUT2D eigenvalue weighted by Crippen LogP contribution is 2.25. The van der Waals surface area contributed by atoms with Gasteiger partial charge in [-0.25, -0.2) is 0 Å². The Hall–Kier alpha value is -2.24. The molecule has 1 fully saturated rings. The highest BCUT2D eigenvalue weighted by atomic mass is 16.3. The number of phenols is 2. The maximum atomic E-state index is 11.5. The van der Waals surface area contributed by atoms with E-state index in [0.717, 1.165) is 0 Å². The molecular formula is C11H12N2O4. The standard InChI is InChI=1S/C11H12N2O4/c14-8-2-1-6(4-9(8)15)3-7-11(17)12-5-10(16)13-7/h1-2,4,7,14-15H,3,5H2,(H,12,17)(H,13,16)/t7-/m0/s1. The fourth-order valence-electron chi connectivity index (χ4n) is 1.68. The molecule has 0 radical (unpaired) electrons. The first-order chi connectivity index (χ1) is 8.06. The number of nitrogens with one attached hydrogen (secondary N) is 2. The van der Waals surface area contributed by atoms with Gasteiger partial charge in [0.2, 0.25) is 11.8 Å². The summed E-state index contributed by atoms with van der Waals surface area (Å²) in [5.41, 5.74) is 0.655. The molecule has 1 aromatic rings. The molecule has 0 unspecified atom stereocenters. The first-order valence-corrected chi connectivity index (χ1v) is 5.14. The summed E-state index contributed by atoms with van der Waals surface area (Å²) >= 11 is 0. The van der Waals surface area contributed by atoms with Gasteiger partial charge in [-0.05, 0) is 17.7 Å². The second-order valence-electron chi connectivity index (χ2n) is 3.87. The average Bonchev–Trinajstić information content (AvgIpc) is 2.29. The van der Waals surface area contributed by atoms with Crippen LogP contribution in [0.25, 0.3) is 0 Å². The van der Waals surface area contributed by atoms with Gasteiger partial charge in [-0.2, -0.15) is 0 Å². The highest BCUT2D eigenvalue weighted by molar-refractivity contribution is 5.94. The number of benzene rings is 1. The first kappa shape index (κ1) is 11.3. The summed E-state index contributed by atoms with van der Waals surface area (Å²) in [4.78, 5) is 22.6. The van der Waals surface area contributed by atoms with Crippen LogP contribution < -0.4 is 10.6 Å². The number of phenolic OH excluding ortho intramolecular Hbond substituents is 2. The van der Waals surface area contributed by atoms with E-state index in [9.17, 15) is 14.7 Å². The lowest BCUT2D eigenvalue weighted by atomic mass is 10.0. The molecule has 4 N–H and O–H groups in total. The lowest BCUT2D eigenvalue weighted by Crippen LogP contribution is -2.56. The highest BCUT2D eigenvalue weighted by Gasteiger charge is 2.25. The molecular weight excluding hydrogens is 224 g/mol. The van der Waals surface area contributed by atoms with Crippen LogP contribution in [0.3, 0.4) is 0 Å². The fourth-order valence-corrected chi connectivity index (χ4v) is 1.68. The fraction of sp³-hybridized carbons (Fsp3) is 0.273. The molecule has 1 aliphatic heterocycles. The van der Waals surface area contributed by atoms with Gasteiger partial charge >= 0.3 is 0 Å². The van der Waals surface area contributed by atoms with Crippen molar-refractivity contribution in [2.45, 2.75) is 12.5 Å². The average molecular weight is 236 g/mol. The van der Waals surface area contributed by atoms with E-state index in [2.05, 4.69) is 10.6 Å². The molecule has 1 heterocycles. The summed E-state index contributed by atoms with van der Waals surface area (Å²) in [5.74, 6) is -0.953. The zero-order chi connectivity index (χ0) is 12.4. The Balaban J connectivity index is 2.11. The topological polar surface area (TPSA) is 98.7 Å². The minimum absolute atomic E-state index is 0.00381.